The Kier molecular flexibility index (Phi) is 4.18. The molecule has 2 rings (SSSR count). The van der Waals surface area contributed by atoms with E-state index < -0.39 is 5.97 Å². The zero-order chi connectivity index (χ0) is 11.4. The summed E-state index contributed by atoms with van der Waals surface area (Å²) in [4.78, 5) is 13.2. The van der Waals surface area contributed by atoms with Crippen LogP contribution in [0.15, 0.2) is 0 Å². The number of aliphatic carboxylic acids is 1. The van der Waals surface area contributed by atoms with Gasteiger partial charge in [0.1, 0.15) is 0 Å². The molecule has 0 aromatic carbocycles. The number of carboxylic acids is 1. The maximum Gasteiger partial charge on any atom is 0.306 e. The highest BCUT2D eigenvalue weighted by atomic mass is 16.5. The predicted octanol–water partition coefficient (Wildman–Crippen LogP) is 1.35. The van der Waals surface area contributed by atoms with Crippen molar-refractivity contribution in [3.63, 3.8) is 0 Å². The van der Waals surface area contributed by atoms with Gasteiger partial charge in [-0.1, -0.05) is 0 Å². The Hall–Kier alpha value is -0.610. The summed E-state index contributed by atoms with van der Waals surface area (Å²) in [6.07, 6.45) is 5.58. The van der Waals surface area contributed by atoms with Crippen molar-refractivity contribution in [1.82, 2.24) is 4.90 Å². The molecule has 0 amide bonds. The van der Waals surface area contributed by atoms with Crippen LogP contribution < -0.4 is 0 Å². The summed E-state index contributed by atoms with van der Waals surface area (Å²) >= 11 is 0. The Balaban J connectivity index is 1.63. The SMILES string of the molecule is O=C(O)C1CCN(CCC2CCCO2)CC1. The average Bonchev–Trinajstić information content (AvgIpc) is 2.80. The first-order chi connectivity index (χ1) is 7.75. The minimum atomic E-state index is -0.626. The number of carboxylic acid groups (broad SMARTS) is 1. The standard InChI is InChI=1S/C12H21NO3/c14-12(15)10-3-6-13(7-4-10)8-5-11-2-1-9-16-11/h10-11H,1-9H2,(H,14,15). The van der Waals surface area contributed by atoms with E-state index in [1.54, 1.807) is 0 Å². The monoisotopic (exact) mass is 227 g/mol. The molecule has 4 heteroatoms. The zero-order valence-electron chi connectivity index (χ0n) is 9.73. The molecule has 0 aliphatic carbocycles. The lowest BCUT2D eigenvalue weighted by Crippen LogP contribution is -2.37. The third-order valence-corrected chi connectivity index (χ3v) is 3.73. The van der Waals surface area contributed by atoms with E-state index in [1.807, 2.05) is 0 Å². The van der Waals surface area contributed by atoms with E-state index in [1.165, 1.54) is 12.8 Å². The number of carbonyl (C=O) groups is 1. The highest BCUT2D eigenvalue weighted by Crippen LogP contribution is 2.20. The van der Waals surface area contributed by atoms with Crippen molar-refractivity contribution in [2.24, 2.45) is 5.92 Å². The van der Waals surface area contributed by atoms with Crippen molar-refractivity contribution in [1.29, 1.82) is 0 Å². The van der Waals surface area contributed by atoms with Crippen LogP contribution in [0, 0.1) is 5.92 Å². The van der Waals surface area contributed by atoms with Crippen LogP contribution in [0.2, 0.25) is 0 Å². The van der Waals surface area contributed by atoms with E-state index in [0.29, 0.717) is 6.10 Å². The van der Waals surface area contributed by atoms with E-state index >= 15 is 0 Å². The minimum absolute atomic E-state index is 0.112. The minimum Gasteiger partial charge on any atom is -0.481 e. The van der Waals surface area contributed by atoms with Gasteiger partial charge in [0.05, 0.1) is 12.0 Å². The van der Waals surface area contributed by atoms with Gasteiger partial charge in [0.2, 0.25) is 0 Å². The summed E-state index contributed by atoms with van der Waals surface area (Å²) in [5, 5.41) is 8.89. The van der Waals surface area contributed by atoms with Crippen LogP contribution in [0.5, 0.6) is 0 Å². The predicted molar refractivity (Wildman–Crippen MR) is 60.4 cm³/mol. The second-order valence-corrected chi connectivity index (χ2v) is 4.88. The number of likely N-dealkylation sites (tertiary alicyclic amines) is 1. The summed E-state index contributed by atoms with van der Waals surface area (Å²) in [5.74, 6) is -0.738. The van der Waals surface area contributed by atoms with Crippen molar-refractivity contribution in [3.05, 3.63) is 0 Å². The smallest absolute Gasteiger partial charge is 0.306 e. The van der Waals surface area contributed by atoms with Gasteiger partial charge in [0.15, 0.2) is 0 Å². The Morgan fingerprint density at radius 1 is 1.31 bits per heavy atom. The second kappa shape index (κ2) is 5.64. The summed E-state index contributed by atoms with van der Waals surface area (Å²) in [6, 6.07) is 0. The number of piperidine rings is 1. The van der Waals surface area contributed by atoms with Gasteiger partial charge in [-0.05, 0) is 45.2 Å². The zero-order valence-corrected chi connectivity index (χ0v) is 9.73. The second-order valence-electron chi connectivity index (χ2n) is 4.88. The average molecular weight is 227 g/mol. The molecule has 1 atom stereocenters. The Morgan fingerprint density at radius 2 is 2.06 bits per heavy atom. The molecule has 4 nitrogen and oxygen atoms in total. The van der Waals surface area contributed by atoms with E-state index in [0.717, 1.165) is 45.5 Å². The van der Waals surface area contributed by atoms with Crippen LogP contribution in [0.3, 0.4) is 0 Å². The van der Waals surface area contributed by atoms with Gasteiger partial charge in [-0.25, -0.2) is 0 Å². The molecule has 0 spiro atoms. The van der Waals surface area contributed by atoms with E-state index in [4.69, 9.17) is 9.84 Å². The van der Waals surface area contributed by atoms with E-state index in [2.05, 4.69) is 4.90 Å². The highest BCUT2D eigenvalue weighted by Gasteiger charge is 2.25. The molecule has 0 saturated carbocycles. The van der Waals surface area contributed by atoms with Gasteiger partial charge in [0, 0.05) is 13.2 Å². The van der Waals surface area contributed by atoms with Crippen molar-refractivity contribution >= 4 is 5.97 Å². The lowest BCUT2D eigenvalue weighted by Gasteiger charge is -2.30. The molecule has 92 valence electrons. The number of hydrogen-bond acceptors (Lipinski definition) is 3. The number of hydrogen-bond donors (Lipinski definition) is 1. The highest BCUT2D eigenvalue weighted by molar-refractivity contribution is 5.70. The topological polar surface area (TPSA) is 49.8 Å². The van der Waals surface area contributed by atoms with Crippen LogP contribution in [-0.2, 0) is 9.53 Å². The largest absolute Gasteiger partial charge is 0.481 e. The normalized spacial score (nSPS) is 28.4. The van der Waals surface area contributed by atoms with Crippen LogP contribution in [-0.4, -0.2) is 48.3 Å². The number of nitrogens with zero attached hydrogens (tertiary/aromatic N) is 1. The fraction of sp³-hybridized carbons (Fsp3) is 0.917. The van der Waals surface area contributed by atoms with Crippen molar-refractivity contribution in [3.8, 4) is 0 Å². The molecule has 1 unspecified atom stereocenters. The van der Waals surface area contributed by atoms with Crippen molar-refractivity contribution in [2.45, 2.75) is 38.2 Å². The lowest BCUT2D eigenvalue weighted by atomic mass is 9.97. The number of rotatable bonds is 4. The van der Waals surface area contributed by atoms with E-state index in [-0.39, 0.29) is 5.92 Å². The van der Waals surface area contributed by atoms with Crippen LogP contribution >= 0.6 is 0 Å². The third kappa shape index (κ3) is 3.19. The molecule has 2 heterocycles. The van der Waals surface area contributed by atoms with Crippen LogP contribution in [0.4, 0.5) is 0 Å². The molecule has 1 N–H and O–H groups in total. The Labute approximate surface area is 96.6 Å². The molecule has 2 saturated heterocycles. The Morgan fingerprint density at radius 3 is 2.62 bits per heavy atom. The molecule has 0 aromatic heterocycles. The molecular weight excluding hydrogens is 206 g/mol. The number of ether oxygens (including phenoxy) is 1. The molecule has 2 fully saturated rings. The van der Waals surface area contributed by atoms with Gasteiger partial charge in [-0.3, -0.25) is 4.79 Å². The summed E-state index contributed by atoms with van der Waals surface area (Å²) < 4.78 is 5.58. The molecule has 2 aliphatic rings. The first-order valence-electron chi connectivity index (χ1n) is 6.32. The fourth-order valence-electron chi connectivity index (χ4n) is 2.60. The molecular formula is C12H21NO3. The molecule has 0 radical (unpaired) electrons. The van der Waals surface area contributed by atoms with Gasteiger partial charge in [0.25, 0.3) is 0 Å². The fourth-order valence-corrected chi connectivity index (χ4v) is 2.60. The molecule has 0 aromatic rings. The van der Waals surface area contributed by atoms with E-state index in [9.17, 15) is 4.79 Å². The Bertz CT molecular complexity index is 230. The summed E-state index contributed by atoms with van der Waals surface area (Å²) in [6.45, 7) is 3.86. The van der Waals surface area contributed by atoms with Crippen molar-refractivity contribution < 1.29 is 14.6 Å². The lowest BCUT2D eigenvalue weighted by molar-refractivity contribution is -0.143. The summed E-state index contributed by atoms with van der Waals surface area (Å²) in [7, 11) is 0. The maximum absolute atomic E-state index is 10.8. The first kappa shape index (κ1) is 11.9. The first-order valence-corrected chi connectivity index (χ1v) is 6.32. The van der Waals surface area contributed by atoms with Gasteiger partial charge in [-0.2, -0.15) is 0 Å². The van der Waals surface area contributed by atoms with Gasteiger partial charge >= 0.3 is 5.97 Å². The molecule has 2 aliphatic heterocycles. The van der Waals surface area contributed by atoms with Crippen LogP contribution in [0.1, 0.15) is 32.1 Å². The summed E-state index contributed by atoms with van der Waals surface area (Å²) in [5.41, 5.74) is 0. The third-order valence-electron chi connectivity index (χ3n) is 3.73. The molecule has 0 bridgehead atoms. The van der Waals surface area contributed by atoms with Gasteiger partial charge < -0.3 is 14.7 Å². The maximum atomic E-state index is 10.8. The van der Waals surface area contributed by atoms with Crippen LogP contribution in [0.25, 0.3) is 0 Å². The quantitative estimate of drug-likeness (QED) is 0.787. The van der Waals surface area contributed by atoms with Gasteiger partial charge in [-0.15, -0.1) is 0 Å². The van der Waals surface area contributed by atoms with Crippen molar-refractivity contribution in [2.75, 3.05) is 26.2 Å². The molecule has 16 heavy (non-hydrogen) atoms.